The summed E-state index contributed by atoms with van der Waals surface area (Å²) in [5, 5.41) is 0. The summed E-state index contributed by atoms with van der Waals surface area (Å²) in [5.41, 5.74) is 7.69. The molecule has 0 aromatic heterocycles. The van der Waals surface area contributed by atoms with Gasteiger partial charge in [-0.2, -0.15) is 0 Å². The van der Waals surface area contributed by atoms with Crippen LogP contribution in [0, 0.1) is 0 Å². The molecular weight excluding hydrogens is 256 g/mol. The van der Waals surface area contributed by atoms with Crippen molar-refractivity contribution in [2.24, 2.45) is 0 Å². The van der Waals surface area contributed by atoms with Crippen molar-refractivity contribution in [3.63, 3.8) is 0 Å². The molecule has 0 bridgehead atoms. The molecule has 0 atom stereocenters. The molecule has 1 rings (SSSR count). The van der Waals surface area contributed by atoms with Crippen molar-refractivity contribution in [1.29, 1.82) is 0 Å². The van der Waals surface area contributed by atoms with E-state index in [1.54, 1.807) is 13.2 Å². The van der Waals surface area contributed by atoms with Crippen LogP contribution in [0.1, 0.15) is 29.8 Å². The van der Waals surface area contributed by atoms with Crippen LogP contribution < -0.4 is 5.73 Å². The molecule has 0 spiro atoms. The van der Waals surface area contributed by atoms with E-state index in [0.717, 1.165) is 12.1 Å². The summed E-state index contributed by atoms with van der Waals surface area (Å²) in [6.45, 7) is 6.30. The Labute approximate surface area is 120 Å². The van der Waals surface area contributed by atoms with Gasteiger partial charge in [0.05, 0.1) is 19.3 Å². The fourth-order valence-electron chi connectivity index (χ4n) is 2.05. The van der Waals surface area contributed by atoms with Gasteiger partial charge >= 0.3 is 5.97 Å². The molecule has 0 saturated carbocycles. The number of hydrogen-bond acceptors (Lipinski definition) is 5. The number of esters is 1. The molecule has 0 aliphatic heterocycles. The van der Waals surface area contributed by atoms with E-state index < -0.39 is 5.97 Å². The van der Waals surface area contributed by atoms with Crippen molar-refractivity contribution in [3.05, 3.63) is 29.3 Å². The van der Waals surface area contributed by atoms with Crippen molar-refractivity contribution in [2.45, 2.75) is 26.4 Å². The third-order valence-electron chi connectivity index (χ3n) is 3.26. The second kappa shape index (κ2) is 7.87. The number of hydrogen-bond donors (Lipinski definition) is 1. The number of nitrogens with zero attached hydrogens (tertiary/aromatic N) is 1. The summed E-state index contributed by atoms with van der Waals surface area (Å²) >= 11 is 0. The first kappa shape index (κ1) is 16.5. The molecule has 0 heterocycles. The predicted octanol–water partition coefficient (Wildman–Crippen LogP) is 1.91. The second-order valence-electron chi connectivity index (χ2n) is 4.93. The van der Waals surface area contributed by atoms with Crippen LogP contribution in [0.4, 0.5) is 5.69 Å². The largest absolute Gasteiger partial charge is 0.465 e. The Morgan fingerprint density at radius 3 is 2.60 bits per heavy atom. The molecule has 5 heteroatoms. The van der Waals surface area contributed by atoms with Crippen molar-refractivity contribution in [1.82, 2.24) is 4.90 Å². The summed E-state index contributed by atoms with van der Waals surface area (Å²) < 4.78 is 9.94. The van der Waals surface area contributed by atoms with Crippen LogP contribution in [0.2, 0.25) is 0 Å². The van der Waals surface area contributed by atoms with Crippen LogP contribution in [0.15, 0.2) is 18.2 Å². The number of anilines is 1. The number of rotatable bonds is 7. The van der Waals surface area contributed by atoms with Crippen LogP contribution in [-0.2, 0) is 16.0 Å². The first-order valence-corrected chi connectivity index (χ1v) is 6.70. The zero-order valence-corrected chi connectivity index (χ0v) is 12.7. The highest BCUT2D eigenvalue weighted by molar-refractivity contribution is 5.96. The SMILES string of the molecule is COCCN(Cc1cccc(N)c1C(=O)OC)C(C)C. The highest BCUT2D eigenvalue weighted by atomic mass is 16.5. The van der Waals surface area contributed by atoms with Crippen LogP contribution >= 0.6 is 0 Å². The third kappa shape index (κ3) is 4.21. The first-order valence-electron chi connectivity index (χ1n) is 6.70. The zero-order valence-electron chi connectivity index (χ0n) is 12.7. The molecule has 0 amide bonds. The molecule has 1 aromatic rings. The Kier molecular flexibility index (Phi) is 6.48. The second-order valence-corrected chi connectivity index (χ2v) is 4.93. The van der Waals surface area contributed by atoms with E-state index in [2.05, 4.69) is 18.7 Å². The minimum Gasteiger partial charge on any atom is -0.465 e. The van der Waals surface area contributed by atoms with Gasteiger partial charge in [0.25, 0.3) is 0 Å². The summed E-state index contributed by atoms with van der Waals surface area (Å²) in [4.78, 5) is 14.1. The van der Waals surface area contributed by atoms with E-state index >= 15 is 0 Å². The monoisotopic (exact) mass is 280 g/mol. The lowest BCUT2D eigenvalue weighted by Gasteiger charge is -2.27. The van der Waals surface area contributed by atoms with E-state index in [9.17, 15) is 4.79 Å². The van der Waals surface area contributed by atoms with E-state index in [-0.39, 0.29) is 0 Å². The highest BCUT2D eigenvalue weighted by Crippen LogP contribution is 2.20. The molecule has 112 valence electrons. The van der Waals surface area contributed by atoms with Gasteiger partial charge in [0.15, 0.2) is 0 Å². The van der Waals surface area contributed by atoms with E-state index in [0.29, 0.717) is 30.4 Å². The van der Waals surface area contributed by atoms with Gasteiger partial charge in [-0.25, -0.2) is 4.79 Å². The molecule has 20 heavy (non-hydrogen) atoms. The van der Waals surface area contributed by atoms with Crippen LogP contribution in [0.3, 0.4) is 0 Å². The maximum atomic E-state index is 11.9. The molecule has 0 aliphatic rings. The maximum Gasteiger partial charge on any atom is 0.340 e. The van der Waals surface area contributed by atoms with Crippen molar-refractivity contribution < 1.29 is 14.3 Å². The van der Waals surface area contributed by atoms with Crippen LogP contribution in [0.5, 0.6) is 0 Å². The molecule has 1 aromatic carbocycles. The number of ether oxygens (including phenoxy) is 2. The van der Waals surface area contributed by atoms with Gasteiger partial charge in [-0.1, -0.05) is 12.1 Å². The topological polar surface area (TPSA) is 64.8 Å². The Morgan fingerprint density at radius 2 is 2.05 bits per heavy atom. The fourth-order valence-corrected chi connectivity index (χ4v) is 2.05. The smallest absolute Gasteiger partial charge is 0.340 e. The molecule has 0 aliphatic carbocycles. The molecule has 0 fully saturated rings. The standard InChI is InChI=1S/C15H24N2O3/c1-11(2)17(8-9-19-3)10-12-6-5-7-13(16)14(12)15(18)20-4/h5-7,11H,8-10,16H2,1-4H3. The Morgan fingerprint density at radius 1 is 1.35 bits per heavy atom. The van der Waals surface area contributed by atoms with Gasteiger partial charge in [0.1, 0.15) is 0 Å². The lowest BCUT2D eigenvalue weighted by atomic mass is 10.0. The Bertz CT molecular complexity index is 447. The summed E-state index contributed by atoms with van der Waals surface area (Å²) in [6.07, 6.45) is 0. The lowest BCUT2D eigenvalue weighted by Crippen LogP contribution is -2.34. The third-order valence-corrected chi connectivity index (χ3v) is 3.26. The van der Waals surface area contributed by atoms with Crippen LogP contribution in [-0.4, -0.2) is 44.3 Å². The molecule has 0 saturated heterocycles. The summed E-state index contributed by atoms with van der Waals surface area (Å²) in [6, 6.07) is 5.82. The van der Waals surface area contributed by atoms with Gasteiger partial charge in [-0.05, 0) is 25.5 Å². The molecular formula is C15H24N2O3. The molecule has 0 unspecified atom stereocenters. The van der Waals surface area contributed by atoms with Crippen molar-refractivity contribution >= 4 is 11.7 Å². The van der Waals surface area contributed by atoms with Crippen molar-refractivity contribution in [3.8, 4) is 0 Å². The van der Waals surface area contributed by atoms with E-state index in [1.165, 1.54) is 7.11 Å². The number of nitrogens with two attached hydrogens (primary N) is 1. The summed E-state index contributed by atoms with van der Waals surface area (Å²) in [7, 11) is 3.04. The minimum atomic E-state index is -0.395. The van der Waals surface area contributed by atoms with Gasteiger partial charge < -0.3 is 15.2 Å². The average molecular weight is 280 g/mol. The zero-order chi connectivity index (χ0) is 15.1. The van der Waals surface area contributed by atoms with Gasteiger partial charge in [0, 0.05) is 31.9 Å². The molecule has 0 radical (unpaired) electrons. The average Bonchev–Trinajstić information content (AvgIpc) is 2.42. The number of carbonyl (C=O) groups is 1. The predicted molar refractivity (Wildman–Crippen MR) is 79.6 cm³/mol. The van der Waals surface area contributed by atoms with Crippen LogP contribution in [0.25, 0.3) is 0 Å². The van der Waals surface area contributed by atoms with Crippen molar-refractivity contribution in [2.75, 3.05) is 33.1 Å². The highest BCUT2D eigenvalue weighted by Gasteiger charge is 2.18. The van der Waals surface area contributed by atoms with Gasteiger partial charge in [-0.15, -0.1) is 0 Å². The number of methoxy groups -OCH3 is 2. The number of nitrogen functional groups attached to an aromatic ring is 1. The van der Waals surface area contributed by atoms with Gasteiger partial charge in [0.2, 0.25) is 0 Å². The normalized spacial score (nSPS) is 11.1. The Balaban J connectivity index is 3.00. The number of benzene rings is 1. The molecule has 2 N–H and O–H groups in total. The minimum absolute atomic E-state index is 0.345. The van der Waals surface area contributed by atoms with E-state index in [1.807, 2.05) is 12.1 Å². The number of carbonyl (C=O) groups excluding carboxylic acids is 1. The molecule has 5 nitrogen and oxygen atoms in total. The van der Waals surface area contributed by atoms with E-state index in [4.69, 9.17) is 15.2 Å². The fraction of sp³-hybridized carbons (Fsp3) is 0.533. The van der Waals surface area contributed by atoms with Gasteiger partial charge in [-0.3, -0.25) is 4.90 Å². The maximum absolute atomic E-state index is 11.9. The lowest BCUT2D eigenvalue weighted by molar-refractivity contribution is 0.0598. The Hall–Kier alpha value is -1.59. The summed E-state index contributed by atoms with van der Waals surface area (Å²) in [5.74, 6) is -0.395. The quantitative estimate of drug-likeness (QED) is 0.610. The first-order chi connectivity index (χ1) is 9.51.